The van der Waals surface area contributed by atoms with E-state index >= 15 is 0 Å². The molecular weight excluding hydrogens is 330 g/mol. The van der Waals surface area contributed by atoms with Gasteiger partial charge in [-0.05, 0) is 37.7 Å². The summed E-state index contributed by atoms with van der Waals surface area (Å²) in [5.41, 5.74) is -0.365. The van der Waals surface area contributed by atoms with E-state index in [-0.39, 0.29) is 24.4 Å². The van der Waals surface area contributed by atoms with Gasteiger partial charge in [0, 0.05) is 6.04 Å². The zero-order valence-corrected chi connectivity index (χ0v) is 16.0. The molecule has 1 heterocycles. The molecule has 1 aromatic carbocycles. The first-order valence-corrected chi connectivity index (χ1v) is 9.29. The minimum atomic E-state index is -1.10. The van der Waals surface area contributed by atoms with Gasteiger partial charge in [-0.25, -0.2) is 4.79 Å². The number of hydrogen-bond donors (Lipinski definition) is 2. The first-order valence-electron chi connectivity index (χ1n) is 9.29. The highest BCUT2D eigenvalue weighted by Gasteiger charge is 2.51. The lowest BCUT2D eigenvalue weighted by Crippen LogP contribution is -2.45. The number of rotatable bonds is 8. The van der Waals surface area contributed by atoms with Crippen molar-refractivity contribution >= 4 is 17.8 Å². The minimum absolute atomic E-state index is 0.00993. The number of carbonyl (C=O) groups excluding carboxylic acids is 3. The zero-order valence-electron chi connectivity index (χ0n) is 16.0. The van der Waals surface area contributed by atoms with Crippen LogP contribution in [-0.2, 0) is 15.1 Å². The van der Waals surface area contributed by atoms with Gasteiger partial charge in [-0.15, -0.1) is 0 Å². The Morgan fingerprint density at radius 3 is 2.38 bits per heavy atom. The second-order valence-electron chi connectivity index (χ2n) is 7.39. The summed E-state index contributed by atoms with van der Waals surface area (Å²) in [4.78, 5) is 38.7. The topological polar surface area (TPSA) is 78.5 Å². The van der Waals surface area contributed by atoms with E-state index in [4.69, 9.17) is 0 Å². The molecule has 6 heteroatoms. The van der Waals surface area contributed by atoms with Crippen molar-refractivity contribution in [1.29, 1.82) is 0 Å². The first-order chi connectivity index (χ1) is 12.3. The maximum Gasteiger partial charge on any atom is 0.325 e. The minimum Gasteiger partial charge on any atom is -0.352 e. The van der Waals surface area contributed by atoms with E-state index in [9.17, 15) is 14.4 Å². The number of urea groups is 1. The van der Waals surface area contributed by atoms with Crippen LogP contribution in [-0.4, -0.2) is 35.3 Å². The maximum absolute atomic E-state index is 13.0. The quantitative estimate of drug-likeness (QED) is 0.701. The Balaban J connectivity index is 2.05. The number of imide groups is 1. The molecule has 2 N–H and O–H groups in total. The Kier molecular flexibility index (Phi) is 6.40. The summed E-state index contributed by atoms with van der Waals surface area (Å²) in [5, 5.41) is 5.66. The third-order valence-electron chi connectivity index (χ3n) is 4.86. The van der Waals surface area contributed by atoms with Crippen LogP contribution in [0.4, 0.5) is 4.79 Å². The molecule has 1 aromatic rings. The summed E-state index contributed by atoms with van der Waals surface area (Å²) in [6.45, 7) is 7.80. The highest BCUT2D eigenvalue weighted by Crippen LogP contribution is 2.32. The van der Waals surface area contributed by atoms with E-state index in [0.717, 1.165) is 23.3 Å². The predicted octanol–water partition coefficient (Wildman–Crippen LogP) is 2.78. The molecule has 6 nitrogen and oxygen atoms in total. The van der Waals surface area contributed by atoms with Crippen LogP contribution in [0.5, 0.6) is 0 Å². The molecular formula is C20H29N3O3. The van der Waals surface area contributed by atoms with Gasteiger partial charge in [0.15, 0.2) is 0 Å². The highest BCUT2D eigenvalue weighted by molar-refractivity contribution is 6.09. The van der Waals surface area contributed by atoms with Crippen molar-refractivity contribution in [1.82, 2.24) is 15.5 Å². The lowest BCUT2D eigenvalue weighted by molar-refractivity contribution is -0.135. The van der Waals surface area contributed by atoms with E-state index in [2.05, 4.69) is 24.5 Å². The molecule has 26 heavy (non-hydrogen) atoms. The molecule has 0 aromatic heterocycles. The van der Waals surface area contributed by atoms with Crippen molar-refractivity contribution in [2.75, 3.05) is 6.54 Å². The summed E-state index contributed by atoms with van der Waals surface area (Å²) in [6.07, 6.45) is 2.30. The van der Waals surface area contributed by atoms with Gasteiger partial charge in [0.25, 0.3) is 5.91 Å². The number of hydrogen-bond acceptors (Lipinski definition) is 3. The van der Waals surface area contributed by atoms with Crippen LogP contribution in [0.15, 0.2) is 30.3 Å². The summed E-state index contributed by atoms with van der Waals surface area (Å²) in [5.74, 6) is -0.123. The third-order valence-corrected chi connectivity index (χ3v) is 4.86. The Bertz CT molecular complexity index is 660. The van der Waals surface area contributed by atoms with Crippen LogP contribution in [0.25, 0.3) is 0 Å². The molecule has 4 amide bonds. The predicted molar refractivity (Wildman–Crippen MR) is 100 cm³/mol. The van der Waals surface area contributed by atoms with Gasteiger partial charge in [-0.1, -0.05) is 51.1 Å². The smallest absolute Gasteiger partial charge is 0.325 e. The monoisotopic (exact) mass is 359 g/mol. The molecule has 2 atom stereocenters. The summed E-state index contributed by atoms with van der Waals surface area (Å²) >= 11 is 0. The van der Waals surface area contributed by atoms with Gasteiger partial charge in [-0.2, -0.15) is 0 Å². The van der Waals surface area contributed by atoms with Crippen molar-refractivity contribution in [2.45, 2.75) is 58.5 Å². The normalized spacial score (nSPS) is 21.0. The van der Waals surface area contributed by atoms with Gasteiger partial charge in [-0.3, -0.25) is 14.5 Å². The molecule has 1 aliphatic heterocycles. The summed E-state index contributed by atoms with van der Waals surface area (Å²) < 4.78 is 0. The molecule has 1 saturated heterocycles. The fourth-order valence-corrected chi connectivity index (χ4v) is 3.25. The Morgan fingerprint density at radius 2 is 1.81 bits per heavy atom. The van der Waals surface area contributed by atoms with Crippen LogP contribution in [0.1, 0.15) is 52.5 Å². The van der Waals surface area contributed by atoms with E-state index in [1.54, 1.807) is 0 Å². The molecule has 1 aliphatic rings. The van der Waals surface area contributed by atoms with Crippen LogP contribution in [0, 0.1) is 5.92 Å². The molecule has 142 valence electrons. The summed E-state index contributed by atoms with van der Waals surface area (Å²) in [7, 11) is 0. The average molecular weight is 359 g/mol. The van der Waals surface area contributed by atoms with E-state index in [1.165, 1.54) is 0 Å². The molecule has 0 aliphatic carbocycles. The zero-order chi connectivity index (χ0) is 19.3. The number of amides is 4. The van der Waals surface area contributed by atoms with Crippen molar-refractivity contribution < 1.29 is 14.4 Å². The SMILES string of the molecule is CCC1(c2ccccc2)NC(=O)N(CC(=O)NC(C)CCC(C)C)C1=O. The van der Waals surface area contributed by atoms with Gasteiger partial charge < -0.3 is 10.6 Å². The van der Waals surface area contributed by atoms with Gasteiger partial charge >= 0.3 is 6.03 Å². The molecule has 0 saturated carbocycles. The number of nitrogens with one attached hydrogen (secondary N) is 2. The maximum atomic E-state index is 13.0. The van der Waals surface area contributed by atoms with Crippen molar-refractivity contribution in [2.24, 2.45) is 5.92 Å². The molecule has 1 fully saturated rings. The van der Waals surface area contributed by atoms with Crippen LogP contribution < -0.4 is 10.6 Å². The average Bonchev–Trinajstić information content (AvgIpc) is 2.85. The molecule has 0 spiro atoms. The lowest BCUT2D eigenvalue weighted by atomic mass is 9.87. The van der Waals surface area contributed by atoms with Crippen LogP contribution in [0.2, 0.25) is 0 Å². The second kappa shape index (κ2) is 8.34. The Labute approximate surface area is 155 Å². The Morgan fingerprint density at radius 1 is 1.15 bits per heavy atom. The molecule has 0 bridgehead atoms. The van der Waals surface area contributed by atoms with Crippen molar-refractivity contribution in [3.05, 3.63) is 35.9 Å². The number of carbonyl (C=O) groups is 3. The largest absolute Gasteiger partial charge is 0.352 e. The second-order valence-corrected chi connectivity index (χ2v) is 7.39. The van der Waals surface area contributed by atoms with Gasteiger partial charge in [0.1, 0.15) is 12.1 Å². The van der Waals surface area contributed by atoms with Crippen molar-refractivity contribution in [3.8, 4) is 0 Å². The third kappa shape index (κ3) is 4.23. The highest BCUT2D eigenvalue weighted by atomic mass is 16.2. The molecule has 2 rings (SSSR count). The van der Waals surface area contributed by atoms with Gasteiger partial charge in [0.2, 0.25) is 5.91 Å². The first kappa shape index (κ1) is 19.9. The molecule has 0 radical (unpaired) electrons. The van der Waals surface area contributed by atoms with Crippen LogP contribution >= 0.6 is 0 Å². The van der Waals surface area contributed by atoms with E-state index in [1.807, 2.05) is 44.2 Å². The fraction of sp³-hybridized carbons (Fsp3) is 0.550. The summed E-state index contributed by atoms with van der Waals surface area (Å²) in [6, 6.07) is 8.65. The standard InChI is InChI=1S/C20H29N3O3/c1-5-20(16-9-7-6-8-10-16)18(25)23(19(26)22-20)13-17(24)21-15(4)12-11-14(2)3/h6-10,14-15H,5,11-13H2,1-4H3,(H,21,24)(H,22,26). The fourth-order valence-electron chi connectivity index (χ4n) is 3.25. The van der Waals surface area contributed by atoms with Gasteiger partial charge in [0.05, 0.1) is 0 Å². The molecule has 2 unspecified atom stereocenters. The Hall–Kier alpha value is -2.37. The number of benzene rings is 1. The van der Waals surface area contributed by atoms with E-state index < -0.39 is 11.6 Å². The van der Waals surface area contributed by atoms with E-state index in [0.29, 0.717) is 12.3 Å². The van der Waals surface area contributed by atoms with Crippen molar-refractivity contribution in [3.63, 3.8) is 0 Å². The lowest BCUT2D eigenvalue weighted by Gasteiger charge is -2.25. The number of nitrogens with zero attached hydrogens (tertiary/aromatic N) is 1. The van der Waals surface area contributed by atoms with Crippen LogP contribution in [0.3, 0.4) is 0 Å².